The summed E-state index contributed by atoms with van der Waals surface area (Å²) in [7, 11) is 0. The van der Waals surface area contributed by atoms with E-state index in [1.165, 1.54) is 17.0 Å². The fraction of sp³-hybridized carbons (Fsp3) is 0.550. The number of nitriles is 1. The van der Waals surface area contributed by atoms with Crippen LogP contribution in [0.25, 0.3) is 0 Å². The van der Waals surface area contributed by atoms with Gasteiger partial charge in [-0.15, -0.1) is 13.2 Å². The van der Waals surface area contributed by atoms with Crippen molar-refractivity contribution in [3.8, 4) is 11.8 Å². The molecule has 1 atom stereocenters. The van der Waals surface area contributed by atoms with Gasteiger partial charge in [-0.2, -0.15) is 5.26 Å². The highest BCUT2D eigenvalue weighted by atomic mass is 19.4. The van der Waals surface area contributed by atoms with Gasteiger partial charge in [-0.3, -0.25) is 9.59 Å². The first-order valence-electron chi connectivity index (χ1n) is 9.43. The molecule has 0 aromatic heterocycles. The molecule has 1 saturated heterocycles. The van der Waals surface area contributed by atoms with Crippen molar-refractivity contribution in [2.24, 2.45) is 11.3 Å². The molecule has 2 rings (SSSR count). The molecule has 2 amide bonds. The maximum atomic E-state index is 12.6. The van der Waals surface area contributed by atoms with Crippen LogP contribution in [-0.4, -0.2) is 47.9 Å². The fourth-order valence-electron chi connectivity index (χ4n) is 3.19. The number of piperidine rings is 1. The molecular formula is C20H24F3N3O4. The molecule has 1 aromatic rings. The predicted molar refractivity (Wildman–Crippen MR) is 99.9 cm³/mol. The molecule has 0 unspecified atom stereocenters. The Bertz CT molecular complexity index is 834. The zero-order valence-corrected chi connectivity index (χ0v) is 16.8. The SMILES string of the molecule is CC(C)(CO)C(=O)N1CCC[C@@H](C(=O)NCc2ccc(C#N)cc2OC(F)(F)F)C1. The van der Waals surface area contributed by atoms with E-state index in [1.54, 1.807) is 19.9 Å². The molecule has 1 aliphatic heterocycles. The lowest BCUT2D eigenvalue weighted by molar-refractivity contribution is -0.274. The third-order valence-corrected chi connectivity index (χ3v) is 4.93. The van der Waals surface area contributed by atoms with Crippen molar-refractivity contribution in [2.45, 2.75) is 39.6 Å². The minimum absolute atomic E-state index is 0.00254. The van der Waals surface area contributed by atoms with Gasteiger partial charge in [0, 0.05) is 25.2 Å². The van der Waals surface area contributed by atoms with E-state index in [4.69, 9.17) is 5.26 Å². The number of amides is 2. The predicted octanol–water partition coefficient (Wildman–Crippen LogP) is 2.33. The number of hydrogen-bond donors (Lipinski definition) is 2. The van der Waals surface area contributed by atoms with Crippen molar-refractivity contribution >= 4 is 11.8 Å². The molecule has 1 aromatic carbocycles. The van der Waals surface area contributed by atoms with Crippen LogP contribution in [-0.2, 0) is 16.1 Å². The Hall–Kier alpha value is -2.80. The van der Waals surface area contributed by atoms with Crippen LogP contribution in [0.4, 0.5) is 13.2 Å². The number of carbonyl (C=O) groups is 2. The Balaban J connectivity index is 2.05. The normalized spacial score (nSPS) is 17.2. The Kier molecular flexibility index (Phi) is 7.31. The molecule has 0 saturated carbocycles. The van der Waals surface area contributed by atoms with Gasteiger partial charge in [-0.25, -0.2) is 0 Å². The molecule has 10 heteroatoms. The molecule has 164 valence electrons. The van der Waals surface area contributed by atoms with E-state index in [0.29, 0.717) is 19.4 Å². The van der Waals surface area contributed by atoms with Crippen molar-refractivity contribution in [3.05, 3.63) is 29.3 Å². The molecule has 0 bridgehead atoms. The molecular weight excluding hydrogens is 403 g/mol. The lowest BCUT2D eigenvalue weighted by Crippen LogP contribution is -2.50. The first-order chi connectivity index (χ1) is 14.0. The van der Waals surface area contributed by atoms with Crippen LogP contribution in [0.3, 0.4) is 0 Å². The van der Waals surface area contributed by atoms with E-state index in [0.717, 1.165) is 6.07 Å². The summed E-state index contributed by atoms with van der Waals surface area (Å²) in [6.45, 7) is 3.35. The topological polar surface area (TPSA) is 103 Å². The maximum absolute atomic E-state index is 12.6. The zero-order valence-electron chi connectivity index (χ0n) is 16.8. The third kappa shape index (κ3) is 6.10. The first kappa shape index (κ1) is 23.5. The van der Waals surface area contributed by atoms with Crippen LogP contribution in [0, 0.1) is 22.7 Å². The van der Waals surface area contributed by atoms with Crippen molar-refractivity contribution < 1.29 is 32.6 Å². The van der Waals surface area contributed by atoms with Crippen molar-refractivity contribution in [3.63, 3.8) is 0 Å². The van der Waals surface area contributed by atoms with Crippen molar-refractivity contribution in [2.75, 3.05) is 19.7 Å². The van der Waals surface area contributed by atoms with Gasteiger partial charge < -0.3 is 20.1 Å². The Morgan fingerprint density at radius 2 is 2.07 bits per heavy atom. The number of alkyl halides is 3. The van der Waals surface area contributed by atoms with Crippen LogP contribution in [0.5, 0.6) is 5.75 Å². The number of aliphatic hydroxyl groups excluding tert-OH is 1. The van der Waals surface area contributed by atoms with E-state index < -0.39 is 29.4 Å². The number of ether oxygens (including phenoxy) is 1. The highest BCUT2D eigenvalue weighted by molar-refractivity contribution is 5.84. The van der Waals surface area contributed by atoms with Gasteiger partial charge in [0.25, 0.3) is 0 Å². The van der Waals surface area contributed by atoms with E-state index in [1.807, 2.05) is 0 Å². The Morgan fingerprint density at radius 1 is 1.37 bits per heavy atom. The van der Waals surface area contributed by atoms with Gasteiger partial charge in [-0.05, 0) is 38.8 Å². The molecule has 1 heterocycles. The highest BCUT2D eigenvalue weighted by Gasteiger charge is 2.36. The average molecular weight is 427 g/mol. The van der Waals surface area contributed by atoms with Crippen LogP contribution < -0.4 is 10.1 Å². The number of benzene rings is 1. The highest BCUT2D eigenvalue weighted by Crippen LogP contribution is 2.28. The molecule has 0 aliphatic carbocycles. The van der Waals surface area contributed by atoms with E-state index in [2.05, 4.69) is 10.1 Å². The Morgan fingerprint density at radius 3 is 2.67 bits per heavy atom. The summed E-state index contributed by atoms with van der Waals surface area (Å²) in [5.74, 6) is -1.71. The van der Waals surface area contributed by atoms with Crippen LogP contribution in [0.15, 0.2) is 18.2 Å². The molecule has 1 fully saturated rings. The number of nitrogens with zero attached hydrogens (tertiary/aromatic N) is 2. The summed E-state index contributed by atoms with van der Waals surface area (Å²) in [6.07, 6.45) is -3.80. The zero-order chi connectivity index (χ0) is 22.5. The monoisotopic (exact) mass is 427 g/mol. The lowest BCUT2D eigenvalue weighted by Gasteiger charge is -2.36. The van der Waals surface area contributed by atoms with Gasteiger partial charge in [0.1, 0.15) is 5.75 Å². The summed E-state index contributed by atoms with van der Waals surface area (Å²) >= 11 is 0. The smallest absolute Gasteiger partial charge is 0.405 e. The number of rotatable bonds is 6. The van der Waals surface area contributed by atoms with Crippen LogP contribution in [0.2, 0.25) is 0 Å². The lowest BCUT2D eigenvalue weighted by atomic mass is 9.89. The van der Waals surface area contributed by atoms with Crippen molar-refractivity contribution in [1.82, 2.24) is 10.2 Å². The van der Waals surface area contributed by atoms with Gasteiger partial charge in [-0.1, -0.05) is 6.07 Å². The van der Waals surface area contributed by atoms with Crippen molar-refractivity contribution in [1.29, 1.82) is 5.26 Å². The quantitative estimate of drug-likeness (QED) is 0.726. The molecule has 2 N–H and O–H groups in total. The van der Waals surface area contributed by atoms with Gasteiger partial charge in [0.15, 0.2) is 0 Å². The number of halogens is 3. The molecule has 30 heavy (non-hydrogen) atoms. The van der Waals surface area contributed by atoms with E-state index >= 15 is 0 Å². The van der Waals surface area contributed by atoms with Crippen LogP contribution >= 0.6 is 0 Å². The second-order valence-corrected chi connectivity index (χ2v) is 7.83. The third-order valence-electron chi connectivity index (χ3n) is 4.93. The standard InChI is InChI=1S/C20H24F3N3O4/c1-19(2,12-27)18(29)26-7-3-4-15(11-26)17(28)25-10-14-6-5-13(9-24)8-16(14)30-20(21,22)23/h5-6,8,15,27H,3-4,7,10-12H2,1-2H3,(H,25,28)/t15-/m1/s1. The van der Waals surface area contributed by atoms with Gasteiger partial charge in [0.2, 0.25) is 11.8 Å². The van der Waals surface area contributed by atoms with Gasteiger partial charge in [0.05, 0.1) is 29.6 Å². The largest absolute Gasteiger partial charge is 0.573 e. The summed E-state index contributed by atoms with van der Waals surface area (Å²) in [6, 6.07) is 5.33. The first-order valence-corrected chi connectivity index (χ1v) is 9.43. The second-order valence-electron chi connectivity index (χ2n) is 7.83. The Labute approximate surface area is 172 Å². The number of carbonyl (C=O) groups excluding carboxylic acids is 2. The second kappa shape index (κ2) is 9.34. The van der Waals surface area contributed by atoms with E-state index in [9.17, 15) is 27.9 Å². The number of nitrogens with one attached hydrogen (secondary N) is 1. The molecule has 1 aliphatic rings. The maximum Gasteiger partial charge on any atom is 0.573 e. The number of likely N-dealkylation sites (tertiary alicyclic amines) is 1. The minimum atomic E-state index is -4.93. The minimum Gasteiger partial charge on any atom is -0.405 e. The van der Waals surface area contributed by atoms with Crippen LogP contribution in [0.1, 0.15) is 37.8 Å². The van der Waals surface area contributed by atoms with E-state index in [-0.39, 0.29) is 36.7 Å². The average Bonchev–Trinajstić information content (AvgIpc) is 2.70. The summed E-state index contributed by atoms with van der Waals surface area (Å²) in [4.78, 5) is 26.6. The molecule has 0 spiro atoms. The molecule has 0 radical (unpaired) electrons. The number of aliphatic hydroxyl groups is 1. The van der Waals surface area contributed by atoms with Gasteiger partial charge >= 0.3 is 6.36 Å². The summed E-state index contributed by atoms with van der Waals surface area (Å²) in [5, 5.41) is 20.9. The summed E-state index contributed by atoms with van der Waals surface area (Å²) in [5.41, 5.74) is -0.882. The molecule has 7 nitrogen and oxygen atoms in total. The number of hydrogen-bond acceptors (Lipinski definition) is 5. The fourth-order valence-corrected chi connectivity index (χ4v) is 3.19. The summed E-state index contributed by atoms with van der Waals surface area (Å²) < 4.78 is 41.9.